The molecule has 1 aromatic carbocycles. The van der Waals surface area contributed by atoms with E-state index < -0.39 is 0 Å². The molecular weight excluding hydrogens is 224 g/mol. The zero-order valence-electron chi connectivity index (χ0n) is 11.5. The molecule has 100 valence electrons. The van der Waals surface area contributed by atoms with Crippen LogP contribution in [-0.4, -0.2) is 19.0 Å². The van der Waals surface area contributed by atoms with Crippen molar-refractivity contribution in [1.82, 2.24) is 0 Å². The van der Waals surface area contributed by atoms with Crippen LogP contribution >= 0.6 is 0 Å². The zero-order chi connectivity index (χ0) is 13.4. The molecule has 0 unspecified atom stereocenters. The third-order valence-corrected chi connectivity index (χ3v) is 3.06. The second-order valence-corrected chi connectivity index (χ2v) is 4.61. The maximum absolute atomic E-state index is 11.2. The van der Waals surface area contributed by atoms with Crippen molar-refractivity contribution in [2.75, 3.05) is 18.0 Å². The molecule has 1 aromatic rings. The molecule has 0 saturated heterocycles. The van der Waals surface area contributed by atoms with Crippen LogP contribution in [0.4, 0.5) is 5.69 Å². The van der Waals surface area contributed by atoms with Crippen LogP contribution in [0.3, 0.4) is 0 Å². The Bertz CT molecular complexity index is 369. The molecule has 3 nitrogen and oxygen atoms in total. The summed E-state index contributed by atoms with van der Waals surface area (Å²) in [7, 11) is 0. The number of amides is 1. The van der Waals surface area contributed by atoms with E-state index in [1.54, 1.807) is 6.07 Å². The maximum Gasteiger partial charge on any atom is 0.248 e. The molecule has 0 saturated carbocycles. The van der Waals surface area contributed by atoms with Gasteiger partial charge in [-0.25, -0.2) is 0 Å². The van der Waals surface area contributed by atoms with Crippen molar-refractivity contribution >= 4 is 11.6 Å². The Hall–Kier alpha value is -1.51. The van der Waals surface area contributed by atoms with Gasteiger partial charge in [-0.15, -0.1) is 0 Å². The quantitative estimate of drug-likeness (QED) is 0.768. The number of hydrogen-bond acceptors (Lipinski definition) is 2. The molecule has 0 aliphatic heterocycles. The number of primary amides is 1. The van der Waals surface area contributed by atoms with Crippen LogP contribution in [-0.2, 0) is 0 Å². The minimum absolute atomic E-state index is 0.359. The summed E-state index contributed by atoms with van der Waals surface area (Å²) in [5, 5.41) is 0. The molecule has 0 atom stereocenters. The first-order chi connectivity index (χ1) is 8.69. The third kappa shape index (κ3) is 4.40. The lowest BCUT2D eigenvalue weighted by Gasteiger charge is -2.25. The van der Waals surface area contributed by atoms with Crippen molar-refractivity contribution in [3.05, 3.63) is 29.8 Å². The largest absolute Gasteiger partial charge is 0.372 e. The number of hydrogen-bond donors (Lipinski definition) is 1. The summed E-state index contributed by atoms with van der Waals surface area (Å²) in [6.07, 6.45) is 4.70. The van der Waals surface area contributed by atoms with E-state index in [-0.39, 0.29) is 5.91 Å². The van der Waals surface area contributed by atoms with E-state index in [0.717, 1.165) is 18.8 Å². The van der Waals surface area contributed by atoms with E-state index in [9.17, 15) is 4.79 Å². The Morgan fingerprint density at radius 3 is 2.28 bits per heavy atom. The predicted molar refractivity (Wildman–Crippen MR) is 77.0 cm³/mol. The van der Waals surface area contributed by atoms with Gasteiger partial charge in [-0.1, -0.05) is 32.8 Å². The van der Waals surface area contributed by atoms with Gasteiger partial charge in [-0.3, -0.25) is 4.79 Å². The number of carbonyl (C=O) groups is 1. The normalized spacial score (nSPS) is 10.3. The van der Waals surface area contributed by atoms with Gasteiger partial charge in [-0.2, -0.15) is 0 Å². The summed E-state index contributed by atoms with van der Waals surface area (Å²) >= 11 is 0. The van der Waals surface area contributed by atoms with Crippen molar-refractivity contribution in [1.29, 1.82) is 0 Å². The van der Waals surface area contributed by atoms with Gasteiger partial charge in [0, 0.05) is 24.3 Å². The molecule has 0 aliphatic carbocycles. The lowest BCUT2D eigenvalue weighted by atomic mass is 10.1. The molecule has 0 bridgehead atoms. The summed E-state index contributed by atoms with van der Waals surface area (Å²) in [4.78, 5) is 13.6. The van der Waals surface area contributed by atoms with Crippen LogP contribution in [0.5, 0.6) is 0 Å². The fourth-order valence-corrected chi connectivity index (χ4v) is 1.92. The highest BCUT2D eigenvalue weighted by molar-refractivity contribution is 5.93. The zero-order valence-corrected chi connectivity index (χ0v) is 11.5. The Morgan fingerprint density at radius 2 is 1.78 bits per heavy atom. The van der Waals surface area contributed by atoms with Gasteiger partial charge in [0.05, 0.1) is 0 Å². The summed E-state index contributed by atoms with van der Waals surface area (Å²) in [5.74, 6) is -0.359. The number of rotatable bonds is 8. The van der Waals surface area contributed by atoms with E-state index in [2.05, 4.69) is 24.8 Å². The van der Waals surface area contributed by atoms with Gasteiger partial charge in [-0.05, 0) is 31.0 Å². The van der Waals surface area contributed by atoms with Crippen molar-refractivity contribution < 1.29 is 4.79 Å². The molecule has 3 heteroatoms. The minimum Gasteiger partial charge on any atom is -0.372 e. The van der Waals surface area contributed by atoms with E-state index >= 15 is 0 Å². The molecule has 0 fully saturated rings. The average Bonchev–Trinajstić information content (AvgIpc) is 2.39. The Morgan fingerprint density at radius 1 is 1.17 bits per heavy atom. The number of nitrogens with zero attached hydrogens (tertiary/aromatic N) is 1. The first-order valence-corrected chi connectivity index (χ1v) is 6.83. The monoisotopic (exact) mass is 248 g/mol. The predicted octanol–water partition coefficient (Wildman–Crippen LogP) is 3.19. The topological polar surface area (TPSA) is 46.3 Å². The number of nitrogens with two attached hydrogens (primary N) is 1. The Kier molecular flexibility index (Phi) is 6.26. The summed E-state index contributed by atoms with van der Waals surface area (Å²) in [5.41, 5.74) is 7.02. The van der Waals surface area contributed by atoms with Crippen molar-refractivity contribution in [2.24, 2.45) is 5.73 Å². The van der Waals surface area contributed by atoms with Crippen LogP contribution < -0.4 is 10.6 Å². The smallest absolute Gasteiger partial charge is 0.248 e. The summed E-state index contributed by atoms with van der Waals surface area (Å²) < 4.78 is 0. The first-order valence-electron chi connectivity index (χ1n) is 6.83. The lowest BCUT2D eigenvalue weighted by molar-refractivity contribution is 0.100. The van der Waals surface area contributed by atoms with Gasteiger partial charge >= 0.3 is 0 Å². The number of unbranched alkanes of at least 4 members (excludes halogenated alkanes) is 2. The fourth-order valence-electron chi connectivity index (χ4n) is 1.92. The number of benzene rings is 1. The highest BCUT2D eigenvalue weighted by Crippen LogP contribution is 2.17. The van der Waals surface area contributed by atoms with Crippen LogP contribution in [0.25, 0.3) is 0 Å². The first kappa shape index (κ1) is 14.6. The minimum atomic E-state index is -0.359. The highest BCUT2D eigenvalue weighted by atomic mass is 16.1. The van der Waals surface area contributed by atoms with E-state index in [0.29, 0.717) is 5.56 Å². The van der Waals surface area contributed by atoms with Crippen molar-refractivity contribution in [2.45, 2.75) is 39.5 Å². The Labute approximate surface area is 110 Å². The highest BCUT2D eigenvalue weighted by Gasteiger charge is 2.08. The van der Waals surface area contributed by atoms with Crippen LogP contribution in [0.1, 0.15) is 49.9 Å². The van der Waals surface area contributed by atoms with Gasteiger partial charge in [0.15, 0.2) is 0 Å². The maximum atomic E-state index is 11.2. The standard InChI is InChI=1S/C15H24N2O/c1-3-5-10-17(11-6-4-2)14-9-7-8-13(12-14)15(16)18/h7-9,12H,3-6,10-11H2,1-2H3,(H2,16,18). The van der Waals surface area contributed by atoms with Gasteiger partial charge in [0.25, 0.3) is 0 Å². The molecule has 0 spiro atoms. The molecule has 0 heterocycles. The van der Waals surface area contributed by atoms with Crippen LogP contribution in [0.2, 0.25) is 0 Å². The molecule has 18 heavy (non-hydrogen) atoms. The molecule has 1 amide bonds. The second-order valence-electron chi connectivity index (χ2n) is 4.61. The molecule has 0 aromatic heterocycles. The second kappa shape index (κ2) is 7.75. The van der Waals surface area contributed by atoms with Crippen LogP contribution in [0.15, 0.2) is 24.3 Å². The van der Waals surface area contributed by atoms with E-state index in [1.807, 2.05) is 12.1 Å². The van der Waals surface area contributed by atoms with E-state index in [1.165, 1.54) is 25.7 Å². The number of anilines is 1. The van der Waals surface area contributed by atoms with Gasteiger partial charge < -0.3 is 10.6 Å². The SMILES string of the molecule is CCCCN(CCCC)c1cccc(C(N)=O)c1. The van der Waals surface area contributed by atoms with Gasteiger partial charge in [0.1, 0.15) is 0 Å². The molecule has 2 N–H and O–H groups in total. The Balaban J connectivity index is 2.82. The van der Waals surface area contributed by atoms with Crippen molar-refractivity contribution in [3.8, 4) is 0 Å². The molecule has 1 rings (SSSR count). The molecule has 0 aliphatic rings. The average molecular weight is 248 g/mol. The fraction of sp³-hybridized carbons (Fsp3) is 0.533. The molecule has 0 radical (unpaired) electrons. The van der Waals surface area contributed by atoms with Crippen molar-refractivity contribution in [3.63, 3.8) is 0 Å². The molecular formula is C15H24N2O. The third-order valence-electron chi connectivity index (χ3n) is 3.06. The summed E-state index contributed by atoms with van der Waals surface area (Å²) in [6.45, 7) is 6.47. The van der Waals surface area contributed by atoms with E-state index in [4.69, 9.17) is 5.73 Å². The lowest BCUT2D eigenvalue weighted by Crippen LogP contribution is -2.26. The summed E-state index contributed by atoms with van der Waals surface area (Å²) in [6, 6.07) is 7.62. The number of carbonyl (C=O) groups excluding carboxylic acids is 1. The van der Waals surface area contributed by atoms with Gasteiger partial charge in [0.2, 0.25) is 5.91 Å². The van der Waals surface area contributed by atoms with Crippen LogP contribution in [0, 0.1) is 0 Å².